The molecule has 0 aromatic heterocycles. The van der Waals surface area contributed by atoms with E-state index in [1.54, 1.807) is 18.2 Å². The summed E-state index contributed by atoms with van der Waals surface area (Å²) in [6, 6.07) is 5.39. The normalized spacial score (nSPS) is 12.5. The Bertz CT molecular complexity index is 393. The number of rotatable bonds is 6. The lowest BCUT2D eigenvalue weighted by Gasteiger charge is -2.11. The zero-order chi connectivity index (χ0) is 12.8. The van der Waals surface area contributed by atoms with Crippen LogP contribution in [0.3, 0.4) is 0 Å². The fourth-order valence-corrected chi connectivity index (χ4v) is 2.10. The van der Waals surface area contributed by atoms with E-state index in [2.05, 4.69) is 5.32 Å². The molecule has 1 N–H and O–H groups in total. The van der Waals surface area contributed by atoms with E-state index >= 15 is 0 Å². The Kier molecular flexibility index (Phi) is 5.96. The Morgan fingerprint density at radius 1 is 1.41 bits per heavy atom. The monoisotopic (exact) mass is 273 g/mol. The summed E-state index contributed by atoms with van der Waals surface area (Å²) in [4.78, 5) is 11.8. The molecule has 0 spiro atoms. The summed E-state index contributed by atoms with van der Waals surface area (Å²) >= 11 is 11.9. The molecule has 4 heteroatoms. The highest BCUT2D eigenvalue weighted by Crippen LogP contribution is 2.21. The molecule has 1 aromatic carbocycles. The summed E-state index contributed by atoms with van der Waals surface area (Å²) < 4.78 is 0. The maximum absolute atomic E-state index is 11.8. The van der Waals surface area contributed by atoms with E-state index < -0.39 is 0 Å². The van der Waals surface area contributed by atoms with Crippen molar-refractivity contribution in [3.05, 3.63) is 33.8 Å². The number of ketones is 1. The average Bonchev–Trinajstić information content (AvgIpc) is 2.23. The molecule has 94 valence electrons. The lowest BCUT2D eigenvalue weighted by Crippen LogP contribution is -2.28. The van der Waals surface area contributed by atoms with Gasteiger partial charge in [-0.2, -0.15) is 0 Å². The van der Waals surface area contributed by atoms with Crippen LogP contribution in [0.2, 0.25) is 10.0 Å². The minimum atomic E-state index is 0.169. The van der Waals surface area contributed by atoms with Gasteiger partial charge >= 0.3 is 0 Å². The fraction of sp³-hybridized carbons (Fsp3) is 0.462. The second kappa shape index (κ2) is 7.00. The smallest absolute Gasteiger partial charge is 0.138 e. The highest BCUT2D eigenvalue weighted by Gasteiger charge is 2.11. The van der Waals surface area contributed by atoms with Crippen LogP contribution < -0.4 is 5.32 Å². The van der Waals surface area contributed by atoms with Crippen LogP contribution in [-0.4, -0.2) is 18.4 Å². The standard InChI is InChI=1S/C13H17Cl2NO/c1-3-16-9(2)6-12(17)8-10-7-11(14)4-5-13(10)15/h4-5,7,9,16H,3,6,8H2,1-2H3. The maximum atomic E-state index is 11.8. The Balaban J connectivity index is 2.58. The van der Waals surface area contributed by atoms with Crippen LogP contribution in [0, 0.1) is 0 Å². The summed E-state index contributed by atoms with van der Waals surface area (Å²) in [5.41, 5.74) is 0.799. The highest BCUT2D eigenvalue weighted by molar-refractivity contribution is 6.33. The maximum Gasteiger partial charge on any atom is 0.138 e. The van der Waals surface area contributed by atoms with Gasteiger partial charge in [-0.1, -0.05) is 30.1 Å². The Hall–Kier alpha value is -0.570. The van der Waals surface area contributed by atoms with Gasteiger partial charge in [0.1, 0.15) is 5.78 Å². The first-order valence-corrected chi connectivity index (χ1v) is 6.47. The van der Waals surface area contributed by atoms with Gasteiger partial charge in [0.25, 0.3) is 0 Å². The van der Waals surface area contributed by atoms with Crippen molar-refractivity contribution < 1.29 is 4.79 Å². The van der Waals surface area contributed by atoms with Gasteiger partial charge in [0.15, 0.2) is 0 Å². The molecular weight excluding hydrogens is 257 g/mol. The molecule has 0 aliphatic heterocycles. The third-order valence-corrected chi connectivity index (χ3v) is 3.09. The molecule has 0 aliphatic carbocycles. The predicted molar refractivity (Wildman–Crippen MR) is 72.9 cm³/mol. The van der Waals surface area contributed by atoms with Gasteiger partial charge in [0.05, 0.1) is 0 Å². The van der Waals surface area contributed by atoms with Crippen LogP contribution in [-0.2, 0) is 11.2 Å². The van der Waals surface area contributed by atoms with Crippen molar-refractivity contribution in [3.63, 3.8) is 0 Å². The largest absolute Gasteiger partial charge is 0.314 e. The van der Waals surface area contributed by atoms with Crippen molar-refractivity contribution in [2.24, 2.45) is 0 Å². The van der Waals surface area contributed by atoms with Crippen molar-refractivity contribution >= 4 is 29.0 Å². The Morgan fingerprint density at radius 3 is 2.76 bits per heavy atom. The molecule has 2 nitrogen and oxygen atoms in total. The quantitative estimate of drug-likeness (QED) is 0.860. The van der Waals surface area contributed by atoms with Gasteiger partial charge in [0.2, 0.25) is 0 Å². The number of benzene rings is 1. The second-order valence-corrected chi connectivity index (χ2v) is 4.96. The second-order valence-electron chi connectivity index (χ2n) is 4.11. The molecule has 0 saturated heterocycles. The van der Waals surface area contributed by atoms with Gasteiger partial charge in [-0.05, 0) is 37.2 Å². The van der Waals surface area contributed by atoms with Crippen molar-refractivity contribution in [1.82, 2.24) is 5.32 Å². The van der Waals surface area contributed by atoms with Crippen LogP contribution in [0.1, 0.15) is 25.8 Å². The first-order chi connectivity index (χ1) is 8.02. The summed E-state index contributed by atoms with van der Waals surface area (Å²) in [7, 11) is 0. The number of hydrogen-bond donors (Lipinski definition) is 1. The molecule has 1 atom stereocenters. The van der Waals surface area contributed by atoms with E-state index in [1.807, 2.05) is 13.8 Å². The van der Waals surface area contributed by atoms with Crippen LogP contribution in [0.15, 0.2) is 18.2 Å². The van der Waals surface area contributed by atoms with Crippen LogP contribution in [0.4, 0.5) is 0 Å². The Morgan fingerprint density at radius 2 is 2.12 bits per heavy atom. The number of hydrogen-bond acceptors (Lipinski definition) is 2. The van der Waals surface area contributed by atoms with E-state index in [0.717, 1.165) is 12.1 Å². The molecule has 0 radical (unpaired) electrons. The molecule has 1 aromatic rings. The van der Waals surface area contributed by atoms with Gasteiger partial charge in [-0.3, -0.25) is 4.79 Å². The first kappa shape index (κ1) is 14.5. The molecule has 0 saturated carbocycles. The fourth-order valence-electron chi connectivity index (χ4n) is 1.73. The van der Waals surface area contributed by atoms with Crippen LogP contribution >= 0.6 is 23.2 Å². The topological polar surface area (TPSA) is 29.1 Å². The van der Waals surface area contributed by atoms with E-state index in [9.17, 15) is 4.79 Å². The zero-order valence-electron chi connectivity index (χ0n) is 10.1. The van der Waals surface area contributed by atoms with Gasteiger partial charge in [0, 0.05) is 28.9 Å². The summed E-state index contributed by atoms with van der Waals surface area (Å²) in [5.74, 6) is 0.169. The molecule has 0 fully saturated rings. The summed E-state index contributed by atoms with van der Waals surface area (Å²) in [5, 5.41) is 4.41. The molecule has 1 unspecified atom stereocenters. The third kappa shape index (κ3) is 5.07. The molecular formula is C13H17Cl2NO. The number of Topliss-reactive ketones (excluding diaryl/α,β-unsaturated/α-hetero) is 1. The molecule has 0 heterocycles. The van der Waals surface area contributed by atoms with E-state index in [4.69, 9.17) is 23.2 Å². The number of carbonyl (C=O) groups is 1. The van der Waals surface area contributed by atoms with E-state index in [0.29, 0.717) is 22.9 Å². The minimum Gasteiger partial charge on any atom is -0.314 e. The molecule has 0 bridgehead atoms. The van der Waals surface area contributed by atoms with E-state index in [1.165, 1.54) is 0 Å². The minimum absolute atomic E-state index is 0.169. The lowest BCUT2D eigenvalue weighted by atomic mass is 10.0. The number of carbonyl (C=O) groups excluding carboxylic acids is 1. The molecule has 1 rings (SSSR count). The lowest BCUT2D eigenvalue weighted by molar-refractivity contribution is -0.118. The Labute approximate surface area is 112 Å². The third-order valence-electron chi connectivity index (χ3n) is 2.48. The zero-order valence-corrected chi connectivity index (χ0v) is 11.6. The average molecular weight is 274 g/mol. The molecule has 17 heavy (non-hydrogen) atoms. The van der Waals surface area contributed by atoms with Crippen LogP contribution in [0.25, 0.3) is 0 Å². The van der Waals surface area contributed by atoms with Crippen LogP contribution in [0.5, 0.6) is 0 Å². The first-order valence-electron chi connectivity index (χ1n) is 5.72. The van der Waals surface area contributed by atoms with Gasteiger partial charge < -0.3 is 5.32 Å². The van der Waals surface area contributed by atoms with E-state index in [-0.39, 0.29) is 11.8 Å². The molecule has 0 amide bonds. The predicted octanol–water partition coefficient (Wildman–Crippen LogP) is 3.49. The number of nitrogens with one attached hydrogen (secondary N) is 1. The van der Waals surface area contributed by atoms with Crippen molar-refractivity contribution in [2.75, 3.05) is 6.54 Å². The summed E-state index contributed by atoms with van der Waals surface area (Å²) in [6.07, 6.45) is 0.853. The summed E-state index contributed by atoms with van der Waals surface area (Å²) in [6.45, 7) is 4.89. The highest BCUT2D eigenvalue weighted by atomic mass is 35.5. The number of halogens is 2. The van der Waals surface area contributed by atoms with Crippen molar-refractivity contribution in [1.29, 1.82) is 0 Å². The van der Waals surface area contributed by atoms with Crippen molar-refractivity contribution in [3.8, 4) is 0 Å². The molecule has 0 aliphatic rings. The van der Waals surface area contributed by atoms with Gasteiger partial charge in [-0.25, -0.2) is 0 Å². The van der Waals surface area contributed by atoms with Crippen molar-refractivity contribution in [2.45, 2.75) is 32.7 Å². The SMILES string of the molecule is CCNC(C)CC(=O)Cc1cc(Cl)ccc1Cl. The van der Waals surface area contributed by atoms with Gasteiger partial charge in [-0.15, -0.1) is 0 Å².